The molecule has 0 aliphatic rings. The SMILES string of the molecule is Cc1nc(Cc2nnc(SCc3noc(CC(C)C)n3)o2)cs1. The number of aromatic nitrogens is 5. The normalized spacial score (nSPS) is 11.5. The van der Waals surface area contributed by atoms with Crippen LogP contribution in [-0.2, 0) is 18.6 Å². The molecule has 3 rings (SSSR count). The maximum atomic E-state index is 5.61. The maximum absolute atomic E-state index is 5.61. The monoisotopic (exact) mass is 351 g/mol. The molecule has 0 N–H and O–H groups in total. The van der Waals surface area contributed by atoms with E-state index in [9.17, 15) is 0 Å². The Morgan fingerprint density at radius 3 is 2.83 bits per heavy atom. The second-order valence-corrected chi connectivity index (χ2v) is 7.48. The highest BCUT2D eigenvalue weighted by Crippen LogP contribution is 2.21. The molecule has 0 spiro atoms. The highest BCUT2D eigenvalue weighted by Gasteiger charge is 2.12. The average Bonchev–Trinajstić information content (AvgIpc) is 3.19. The van der Waals surface area contributed by atoms with Gasteiger partial charge in [-0.3, -0.25) is 0 Å². The summed E-state index contributed by atoms with van der Waals surface area (Å²) in [5.41, 5.74) is 0.948. The minimum absolute atomic E-state index is 0.490. The predicted octanol–water partition coefficient (Wildman–Crippen LogP) is 3.30. The smallest absolute Gasteiger partial charge is 0.277 e. The predicted molar refractivity (Wildman–Crippen MR) is 86.4 cm³/mol. The highest BCUT2D eigenvalue weighted by atomic mass is 32.2. The topological polar surface area (TPSA) is 90.7 Å². The zero-order valence-corrected chi connectivity index (χ0v) is 14.8. The summed E-state index contributed by atoms with van der Waals surface area (Å²) in [6, 6.07) is 0. The number of rotatable bonds is 7. The van der Waals surface area contributed by atoms with E-state index in [4.69, 9.17) is 8.94 Å². The lowest BCUT2D eigenvalue weighted by atomic mass is 10.1. The second kappa shape index (κ2) is 7.22. The minimum atomic E-state index is 0.490. The zero-order chi connectivity index (χ0) is 16.2. The van der Waals surface area contributed by atoms with E-state index in [0.717, 1.165) is 17.1 Å². The molecule has 3 aromatic rings. The summed E-state index contributed by atoms with van der Waals surface area (Å²) in [4.78, 5) is 8.73. The van der Waals surface area contributed by atoms with Gasteiger partial charge in [0.2, 0.25) is 11.8 Å². The summed E-state index contributed by atoms with van der Waals surface area (Å²) in [7, 11) is 0. The fourth-order valence-corrected chi connectivity index (χ4v) is 3.16. The van der Waals surface area contributed by atoms with Gasteiger partial charge in [-0.2, -0.15) is 4.98 Å². The molecule has 0 aliphatic heterocycles. The molecule has 23 heavy (non-hydrogen) atoms. The van der Waals surface area contributed by atoms with Crippen LogP contribution in [0.15, 0.2) is 19.5 Å². The van der Waals surface area contributed by atoms with Crippen LogP contribution in [0.4, 0.5) is 0 Å². The Balaban J connectivity index is 1.53. The van der Waals surface area contributed by atoms with Gasteiger partial charge in [0.25, 0.3) is 5.22 Å². The summed E-state index contributed by atoms with van der Waals surface area (Å²) in [6.07, 6.45) is 1.34. The number of aryl methyl sites for hydroxylation is 1. The van der Waals surface area contributed by atoms with E-state index in [1.54, 1.807) is 11.3 Å². The van der Waals surface area contributed by atoms with Gasteiger partial charge in [0, 0.05) is 11.8 Å². The molecule has 0 saturated carbocycles. The summed E-state index contributed by atoms with van der Waals surface area (Å²) < 4.78 is 10.8. The van der Waals surface area contributed by atoms with Crippen molar-refractivity contribution in [3.05, 3.63) is 33.7 Å². The molecular weight excluding hydrogens is 334 g/mol. The van der Waals surface area contributed by atoms with Crippen LogP contribution in [0.1, 0.15) is 42.2 Å². The van der Waals surface area contributed by atoms with Gasteiger partial charge >= 0.3 is 0 Å². The third-order valence-corrected chi connectivity index (χ3v) is 4.50. The van der Waals surface area contributed by atoms with Crippen LogP contribution in [0.5, 0.6) is 0 Å². The molecule has 0 radical (unpaired) electrons. The van der Waals surface area contributed by atoms with E-state index in [2.05, 4.69) is 39.2 Å². The quantitative estimate of drug-likeness (QED) is 0.599. The van der Waals surface area contributed by atoms with Crippen molar-refractivity contribution in [3.63, 3.8) is 0 Å². The van der Waals surface area contributed by atoms with Gasteiger partial charge in [0.05, 0.1) is 22.9 Å². The molecule has 0 aliphatic carbocycles. The average molecular weight is 351 g/mol. The Labute approximate surface area is 141 Å². The summed E-state index contributed by atoms with van der Waals surface area (Å²) in [6.45, 7) is 6.20. The number of hydrogen-bond acceptors (Lipinski definition) is 9. The lowest BCUT2D eigenvalue weighted by molar-refractivity contribution is 0.360. The number of thioether (sulfide) groups is 1. The molecular formula is C14H17N5O2S2. The Morgan fingerprint density at radius 2 is 2.09 bits per heavy atom. The first-order valence-electron chi connectivity index (χ1n) is 7.26. The lowest BCUT2D eigenvalue weighted by Gasteiger charge is -1.95. The van der Waals surface area contributed by atoms with E-state index in [1.807, 2.05) is 12.3 Å². The molecule has 3 aromatic heterocycles. The van der Waals surface area contributed by atoms with Crippen LogP contribution in [0.2, 0.25) is 0 Å². The number of hydrogen-bond donors (Lipinski definition) is 0. The molecule has 9 heteroatoms. The Kier molecular flexibility index (Phi) is 5.06. The van der Waals surface area contributed by atoms with Crippen molar-refractivity contribution < 1.29 is 8.94 Å². The maximum Gasteiger partial charge on any atom is 0.277 e. The molecule has 0 atom stereocenters. The van der Waals surface area contributed by atoms with Crippen molar-refractivity contribution in [1.82, 2.24) is 25.3 Å². The highest BCUT2D eigenvalue weighted by molar-refractivity contribution is 7.98. The van der Waals surface area contributed by atoms with E-state index in [0.29, 0.717) is 40.9 Å². The summed E-state index contributed by atoms with van der Waals surface area (Å²) in [5, 5.41) is 15.6. The third-order valence-electron chi connectivity index (χ3n) is 2.86. The molecule has 0 saturated heterocycles. The first kappa shape index (κ1) is 16.1. The fraction of sp³-hybridized carbons (Fsp3) is 0.500. The van der Waals surface area contributed by atoms with E-state index in [-0.39, 0.29) is 0 Å². The Bertz CT molecular complexity index is 765. The number of thiazole rings is 1. The molecule has 0 bridgehead atoms. The van der Waals surface area contributed by atoms with Crippen LogP contribution < -0.4 is 0 Å². The fourth-order valence-electron chi connectivity index (χ4n) is 1.92. The van der Waals surface area contributed by atoms with Gasteiger partial charge in [-0.05, 0) is 12.8 Å². The first-order chi connectivity index (χ1) is 11.1. The molecule has 7 nitrogen and oxygen atoms in total. The lowest BCUT2D eigenvalue weighted by Crippen LogP contribution is -1.94. The van der Waals surface area contributed by atoms with Gasteiger partial charge in [-0.25, -0.2) is 4.98 Å². The molecule has 122 valence electrons. The van der Waals surface area contributed by atoms with E-state index >= 15 is 0 Å². The van der Waals surface area contributed by atoms with Crippen LogP contribution in [-0.4, -0.2) is 25.3 Å². The summed E-state index contributed by atoms with van der Waals surface area (Å²) >= 11 is 3.01. The molecule has 3 heterocycles. The number of nitrogens with zero attached hydrogens (tertiary/aromatic N) is 5. The van der Waals surface area contributed by atoms with E-state index < -0.39 is 0 Å². The third kappa shape index (κ3) is 4.61. The largest absolute Gasteiger partial charge is 0.416 e. The van der Waals surface area contributed by atoms with Crippen LogP contribution >= 0.6 is 23.1 Å². The van der Waals surface area contributed by atoms with Gasteiger partial charge in [-0.1, -0.05) is 30.8 Å². The second-order valence-electron chi connectivity index (χ2n) is 5.49. The van der Waals surface area contributed by atoms with Crippen molar-refractivity contribution in [2.24, 2.45) is 5.92 Å². The van der Waals surface area contributed by atoms with Crippen molar-refractivity contribution in [3.8, 4) is 0 Å². The molecule has 0 amide bonds. The van der Waals surface area contributed by atoms with Gasteiger partial charge in [-0.15, -0.1) is 21.5 Å². The molecule has 0 aromatic carbocycles. The van der Waals surface area contributed by atoms with E-state index in [1.165, 1.54) is 11.8 Å². The Morgan fingerprint density at radius 1 is 1.22 bits per heavy atom. The first-order valence-corrected chi connectivity index (χ1v) is 9.12. The van der Waals surface area contributed by atoms with Crippen molar-refractivity contribution in [2.45, 2.75) is 44.6 Å². The molecule has 0 fully saturated rings. The van der Waals surface area contributed by atoms with Gasteiger partial charge in [0.15, 0.2) is 5.82 Å². The van der Waals surface area contributed by atoms with Gasteiger partial charge in [0.1, 0.15) is 0 Å². The van der Waals surface area contributed by atoms with Crippen LogP contribution in [0, 0.1) is 12.8 Å². The van der Waals surface area contributed by atoms with Crippen molar-refractivity contribution in [1.29, 1.82) is 0 Å². The van der Waals surface area contributed by atoms with Crippen LogP contribution in [0.25, 0.3) is 0 Å². The van der Waals surface area contributed by atoms with Crippen LogP contribution in [0.3, 0.4) is 0 Å². The Hall–Kier alpha value is -1.74. The zero-order valence-electron chi connectivity index (χ0n) is 13.1. The molecule has 0 unspecified atom stereocenters. The van der Waals surface area contributed by atoms with Crippen molar-refractivity contribution in [2.75, 3.05) is 0 Å². The van der Waals surface area contributed by atoms with Crippen molar-refractivity contribution >= 4 is 23.1 Å². The van der Waals surface area contributed by atoms with Gasteiger partial charge < -0.3 is 8.94 Å². The standard InChI is InChI=1S/C14H17N5O2S2/c1-8(2)4-12-16-11(19-21-12)7-23-14-18-17-13(20-14)5-10-6-22-9(3)15-10/h6,8H,4-5,7H2,1-3H3. The summed E-state index contributed by atoms with van der Waals surface area (Å²) in [5.74, 6) is 2.90. The minimum Gasteiger partial charge on any atom is -0.416 e.